The maximum absolute atomic E-state index is 13.1. The summed E-state index contributed by atoms with van der Waals surface area (Å²) in [5.74, 6) is 6.12. The number of carbonyl (C=O) groups is 1. The second kappa shape index (κ2) is 8.22. The Kier molecular flexibility index (Phi) is 5.61. The van der Waals surface area contributed by atoms with Crippen LogP contribution in [-0.2, 0) is 11.2 Å². The normalized spacial score (nSPS) is 20.2. The average Bonchev–Trinajstić information content (AvgIpc) is 3.09. The van der Waals surface area contributed by atoms with Gasteiger partial charge in [-0.15, -0.1) is 0 Å². The lowest BCUT2D eigenvalue weighted by atomic mass is 9.99. The fraction of sp³-hybridized carbons (Fsp3) is 0.429. The molecule has 0 saturated carbocycles. The SMILES string of the molecule is CN(N)c1cncc(C(=O)Nc2cc3c(cc2N2CCOCC2)OC(C)(CO)C3)c1N. The summed E-state index contributed by atoms with van der Waals surface area (Å²) in [5, 5.41) is 14.0. The zero-order valence-corrected chi connectivity index (χ0v) is 17.7. The van der Waals surface area contributed by atoms with Crippen molar-refractivity contribution in [3.8, 4) is 5.75 Å². The van der Waals surface area contributed by atoms with Crippen molar-refractivity contribution in [3.63, 3.8) is 0 Å². The van der Waals surface area contributed by atoms with Gasteiger partial charge in [0, 0.05) is 44.4 Å². The summed E-state index contributed by atoms with van der Waals surface area (Å²) in [5.41, 5.74) is 8.83. The Labute approximate surface area is 180 Å². The highest BCUT2D eigenvalue weighted by atomic mass is 16.5. The minimum Gasteiger partial charge on any atom is -0.484 e. The second-order valence-corrected chi connectivity index (χ2v) is 8.15. The summed E-state index contributed by atoms with van der Waals surface area (Å²) in [6, 6.07) is 3.82. The van der Waals surface area contributed by atoms with E-state index in [2.05, 4.69) is 15.2 Å². The maximum atomic E-state index is 13.1. The second-order valence-electron chi connectivity index (χ2n) is 8.15. The fourth-order valence-corrected chi connectivity index (χ4v) is 3.92. The number of amides is 1. The van der Waals surface area contributed by atoms with Gasteiger partial charge in [0.2, 0.25) is 0 Å². The summed E-state index contributed by atoms with van der Waals surface area (Å²) in [7, 11) is 1.63. The van der Waals surface area contributed by atoms with E-state index in [4.69, 9.17) is 21.1 Å². The van der Waals surface area contributed by atoms with Crippen LogP contribution in [-0.4, -0.2) is 61.6 Å². The van der Waals surface area contributed by atoms with Crippen molar-refractivity contribution in [1.82, 2.24) is 4.98 Å². The van der Waals surface area contributed by atoms with Gasteiger partial charge in [-0.2, -0.15) is 0 Å². The molecule has 2 aliphatic heterocycles. The molecule has 2 aromatic rings. The largest absolute Gasteiger partial charge is 0.484 e. The first kappa shape index (κ1) is 21.2. The van der Waals surface area contributed by atoms with Crippen LogP contribution in [0.1, 0.15) is 22.8 Å². The molecule has 31 heavy (non-hydrogen) atoms. The number of hydrogen-bond acceptors (Lipinski definition) is 9. The summed E-state index contributed by atoms with van der Waals surface area (Å²) in [4.78, 5) is 19.4. The number of nitrogens with two attached hydrogens (primary N) is 2. The van der Waals surface area contributed by atoms with Crippen LogP contribution in [0.3, 0.4) is 0 Å². The first-order valence-corrected chi connectivity index (χ1v) is 10.1. The Morgan fingerprint density at radius 1 is 1.35 bits per heavy atom. The quantitative estimate of drug-likeness (QED) is 0.401. The predicted octanol–water partition coefficient (Wildman–Crippen LogP) is 0.748. The van der Waals surface area contributed by atoms with E-state index in [1.807, 2.05) is 19.1 Å². The van der Waals surface area contributed by atoms with E-state index in [0.717, 1.165) is 11.3 Å². The number of aromatic nitrogens is 1. The number of pyridine rings is 1. The van der Waals surface area contributed by atoms with Crippen LogP contribution < -0.4 is 31.5 Å². The molecule has 1 fully saturated rings. The standard InChI is InChI=1S/C21H28N6O4/c1-21(12-28)9-13-7-15(16(8-18(13)31-21)27-3-5-30-6-4-27)25-20(29)14-10-24-11-17(19(14)22)26(2)23/h7-8,10-11,28H,3-6,9,12,23H2,1-2H3,(H2,22,24)(H,25,29). The first-order chi connectivity index (χ1) is 14.8. The van der Waals surface area contributed by atoms with Crippen LogP contribution in [0.15, 0.2) is 24.5 Å². The molecule has 0 radical (unpaired) electrons. The fourth-order valence-electron chi connectivity index (χ4n) is 3.92. The number of morpholine rings is 1. The van der Waals surface area contributed by atoms with Crippen LogP contribution in [0.5, 0.6) is 5.75 Å². The molecular weight excluding hydrogens is 400 g/mol. The molecule has 6 N–H and O–H groups in total. The molecular formula is C21H28N6O4. The van der Waals surface area contributed by atoms with Crippen LogP contribution >= 0.6 is 0 Å². The molecule has 1 amide bonds. The Morgan fingerprint density at radius 3 is 2.77 bits per heavy atom. The van der Waals surface area contributed by atoms with Gasteiger partial charge in [-0.3, -0.25) is 9.78 Å². The van der Waals surface area contributed by atoms with E-state index < -0.39 is 5.60 Å². The third kappa shape index (κ3) is 4.09. The third-order valence-electron chi connectivity index (χ3n) is 5.63. The molecule has 4 rings (SSSR count). The summed E-state index contributed by atoms with van der Waals surface area (Å²) in [6.07, 6.45) is 3.47. The number of hydrazine groups is 1. The number of nitrogens with one attached hydrogen (secondary N) is 1. The number of anilines is 4. The number of aliphatic hydroxyl groups is 1. The molecule has 0 aliphatic carbocycles. The van der Waals surface area contributed by atoms with E-state index >= 15 is 0 Å². The number of aliphatic hydroxyl groups excluding tert-OH is 1. The maximum Gasteiger partial charge on any atom is 0.259 e. The molecule has 1 aromatic carbocycles. The minimum atomic E-state index is -0.679. The van der Waals surface area contributed by atoms with Gasteiger partial charge in [0.15, 0.2) is 0 Å². The molecule has 10 heteroatoms. The van der Waals surface area contributed by atoms with Gasteiger partial charge < -0.3 is 35.5 Å². The topological polar surface area (TPSA) is 139 Å². The van der Waals surface area contributed by atoms with Crippen molar-refractivity contribution < 1.29 is 19.4 Å². The first-order valence-electron chi connectivity index (χ1n) is 10.1. The molecule has 1 saturated heterocycles. The van der Waals surface area contributed by atoms with Crippen molar-refractivity contribution in [2.75, 3.05) is 60.9 Å². The molecule has 2 aliphatic rings. The third-order valence-corrected chi connectivity index (χ3v) is 5.63. The Hall–Kier alpha value is -3.08. The van der Waals surface area contributed by atoms with Crippen molar-refractivity contribution >= 4 is 28.7 Å². The Bertz CT molecular complexity index is 992. The zero-order valence-electron chi connectivity index (χ0n) is 17.7. The number of benzene rings is 1. The minimum absolute atomic E-state index is 0.0993. The van der Waals surface area contributed by atoms with Gasteiger partial charge in [0.05, 0.1) is 54.3 Å². The molecule has 1 aromatic heterocycles. The van der Waals surface area contributed by atoms with Crippen LogP contribution in [0.4, 0.5) is 22.7 Å². The highest BCUT2D eigenvalue weighted by molar-refractivity contribution is 6.10. The van der Waals surface area contributed by atoms with E-state index in [1.165, 1.54) is 17.4 Å². The number of hydrogen-bond donors (Lipinski definition) is 4. The van der Waals surface area contributed by atoms with E-state index in [-0.39, 0.29) is 23.8 Å². The highest BCUT2D eigenvalue weighted by Crippen LogP contribution is 2.42. The summed E-state index contributed by atoms with van der Waals surface area (Å²) >= 11 is 0. The van der Waals surface area contributed by atoms with Crippen LogP contribution in [0.25, 0.3) is 0 Å². The van der Waals surface area contributed by atoms with E-state index in [1.54, 1.807) is 7.05 Å². The van der Waals surface area contributed by atoms with Crippen molar-refractivity contribution in [2.45, 2.75) is 18.9 Å². The lowest BCUT2D eigenvalue weighted by Gasteiger charge is -2.31. The Balaban J connectivity index is 1.70. The molecule has 0 bridgehead atoms. The summed E-state index contributed by atoms with van der Waals surface area (Å²) in [6.45, 7) is 4.34. The van der Waals surface area contributed by atoms with E-state index in [0.29, 0.717) is 49.8 Å². The van der Waals surface area contributed by atoms with Crippen molar-refractivity contribution in [1.29, 1.82) is 0 Å². The summed E-state index contributed by atoms with van der Waals surface area (Å²) < 4.78 is 11.5. The molecule has 3 heterocycles. The number of ether oxygens (including phenoxy) is 2. The van der Waals surface area contributed by atoms with Gasteiger partial charge in [0.25, 0.3) is 5.91 Å². The number of nitrogens with zero attached hydrogens (tertiary/aromatic N) is 3. The smallest absolute Gasteiger partial charge is 0.259 e. The van der Waals surface area contributed by atoms with Crippen molar-refractivity contribution in [2.24, 2.45) is 5.84 Å². The van der Waals surface area contributed by atoms with E-state index in [9.17, 15) is 9.90 Å². The molecule has 10 nitrogen and oxygen atoms in total. The zero-order chi connectivity index (χ0) is 22.2. The molecule has 0 spiro atoms. The number of nitrogen functional groups attached to an aromatic ring is 1. The lowest BCUT2D eigenvalue weighted by molar-refractivity contribution is 0.0446. The van der Waals surface area contributed by atoms with Gasteiger partial charge >= 0.3 is 0 Å². The van der Waals surface area contributed by atoms with Crippen LogP contribution in [0.2, 0.25) is 0 Å². The number of carbonyl (C=O) groups excluding carboxylic acids is 1. The number of rotatable bonds is 5. The Morgan fingerprint density at radius 2 is 2.10 bits per heavy atom. The van der Waals surface area contributed by atoms with Gasteiger partial charge in [-0.05, 0) is 13.0 Å². The van der Waals surface area contributed by atoms with Crippen molar-refractivity contribution in [3.05, 3.63) is 35.7 Å². The highest BCUT2D eigenvalue weighted by Gasteiger charge is 2.35. The van der Waals surface area contributed by atoms with Gasteiger partial charge in [-0.1, -0.05) is 0 Å². The van der Waals surface area contributed by atoms with Gasteiger partial charge in [0.1, 0.15) is 11.4 Å². The monoisotopic (exact) mass is 428 g/mol. The predicted molar refractivity (Wildman–Crippen MR) is 118 cm³/mol. The average molecular weight is 428 g/mol. The van der Waals surface area contributed by atoms with Crippen LogP contribution in [0, 0.1) is 0 Å². The molecule has 1 unspecified atom stereocenters. The lowest BCUT2D eigenvalue weighted by Crippen LogP contribution is -2.37. The molecule has 1 atom stereocenters. The van der Waals surface area contributed by atoms with Gasteiger partial charge in [-0.25, -0.2) is 5.84 Å². The molecule has 166 valence electrons. The number of fused-ring (bicyclic) bond motifs is 1.